The molecule has 8 heteroatoms. The third-order valence-electron chi connectivity index (χ3n) is 1.60. The number of carbonyl (C=O) groups excluding carboxylic acids is 1. The summed E-state index contributed by atoms with van der Waals surface area (Å²) in [6.45, 7) is 1.92. The van der Waals surface area contributed by atoms with Gasteiger partial charge in [-0.1, -0.05) is 0 Å². The van der Waals surface area contributed by atoms with Gasteiger partial charge in [0.1, 0.15) is 0 Å². The van der Waals surface area contributed by atoms with E-state index < -0.39 is 18.9 Å². The van der Waals surface area contributed by atoms with Gasteiger partial charge in [0, 0.05) is 4.88 Å². The summed E-state index contributed by atoms with van der Waals surface area (Å²) in [5.74, 6) is 0. The molecule has 0 radical (unpaired) electrons. The Labute approximate surface area is 93.4 Å². The number of aromatic nitrogens is 1. The van der Waals surface area contributed by atoms with Crippen molar-refractivity contribution < 1.29 is 22.7 Å². The Morgan fingerprint density at radius 1 is 1.50 bits per heavy atom. The van der Waals surface area contributed by atoms with Gasteiger partial charge in [0.2, 0.25) is 0 Å². The van der Waals surface area contributed by atoms with Gasteiger partial charge >= 0.3 is 12.3 Å². The van der Waals surface area contributed by atoms with Gasteiger partial charge < -0.3 is 4.74 Å². The van der Waals surface area contributed by atoms with Crippen LogP contribution >= 0.6 is 11.3 Å². The average molecular weight is 254 g/mol. The fourth-order valence-electron chi connectivity index (χ4n) is 0.797. The van der Waals surface area contributed by atoms with Gasteiger partial charge in [0.15, 0.2) is 11.7 Å². The minimum Gasteiger partial charge on any atom is -0.440 e. The van der Waals surface area contributed by atoms with E-state index in [1.807, 2.05) is 0 Å². The number of ether oxygens (including phenoxy) is 1. The first-order valence-electron chi connectivity index (χ1n) is 4.22. The van der Waals surface area contributed by atoms with E-state index in [4.69, 9.17) is 0 Å². The molecule has 1 rings (SSSR count). The van der Waals surface area contributed by atoms with Crippen molar-refractivity contribution in [2.75, 3.05) is 11.9 Å². The lowest BCUT2D eigenvalue weighted by atomic mass is 10.4. The van der Waals surface area contributed by atoms with Crippen molar-refractivity contribution >= 4 is 22.6 Å². The second-order valence-corrected chi connectivity index (χ2v) is 4.18. The van der Waals surface area contributed by atoms with Gasteiger partial charge in [-0.25, -0.2) is 9.78 Å². The van der Waals surface area contributed by atoms with Crippen molar-refractivity contribution in [2.45, 2.75) is 20.0 Å². The molecule has 4 nitrogen and oxygen atoms in total. The lowest BCUT2D eigenvalue weighted by Crippen LogP contribution is -2.23. The molecule has 1 N–H and O–H groups in total. The van der Waals surface area contributed by atoms with Crippen LogP contribution in [0.1, 0.15) is 10.6 Å². The summed E-state index contributed by atoms with van der Waals surface area (Å²) >= 11 is 1.17. The summed E-state index contributed by atoms with van der Waals surface area (Å²) in [6, 6.07) is 0. The second-order valence-electron chi connectivity index (χ2n) is 2.98. The van der Waals surface area contributed by atoms with E-state index >= 15 is 0 Å². The molecule has 90 valence electrons. The Morgan fingerprint density at radius 3 is 2.56 bits per heavy atom. The van der Waals surface area contributed by atoms with Crippen LogP contribution in [0.3, 0.4) is 0 Å². The Kier molecular flexibility index (Phi) is 3.74. The van der Waals surface area contributed by atoms with Gasteiger partial charge in [-0.2, -0.15) is 13.2 Å². The molecule has 0 unspecified atom stereocenters. The number of amides is 1. The van der Waals surface area contributed by atoms with Gasteiger partial charge in [-0.15, -0.1) is 11.3 Å². The maximum absolute atomic E-state index is 11.7. The maximum atomic E-state index is 11.7. The minimum atomic E-state index is -4.52. The quantitative estimate of drug-likeness (QED) is 0.882. The highest BCUT2D eigenvalue weighted by Gasteiger charge is 2.29. The van der Waals surface area contributed by atoms with Crippen LogP contribution in [0.5, 0.6) is 0 Å². The van der Waals surface area contributed by atoms with Gasteiger partial charge in [-0.3, -0.25) is 5.32 Å². The second kappa shape index (κ2) is 4.69. The highest BCUT2D eigenvalue weighted by atomic mass is 32.1. The zero-order valence-corrected chi connectivity index (χ0v) is 9.33. The van der Waals surface area contributed by atoms with E-state index in [1.54, 1.807) is 13.8 Å². The lowest BCUT2D eigenvalue weighted by Gasteiger charge is -2.07. The molecule has 0 atom stereocenters. The summed E-state index contributed by atoms with van der Waals surface area (Å²) in [7, 11) is 0. The van der Waals surface area contributed by atoms with Gasteiger partial charge in [-0.05, 0) is 13.8 Å². The number of thiazole rings is 1. The summed E-state index contributed by atoms with van der Waals surface area (Å²) in [5, 5.41) is 2.35. The number of hydrogen-bond donors (Lipinski definition) is 1. The Morgan fingerprint density at radius 2 is 2.12 bits per heavy atom. The van der Waals surface area contributed by atoms with Crippen LogP contribution in [-0.4, -0.2) is 23.9 Å². The van der Waals surface area contributed by atoms with E-state index in [-0.39, 0.29) is 5.13 Å². The molecule has 1 aromatic rings. The number of alkyl halides is 3. The molecule has 0 saturated carbocycles. The van der Waals surface area contributed by atoms with Crippen molar-refractivity contribution in [1.29, 1.82) is 0 Å². The molecular weight excluding hydrogens is 245 g/mol. The normalized spacial score (nSPS) is 11.3. The third kappa shape index (κ3) is 4.05. The summed E-state index contributed by atoms with van der Waals surface area (Å²) in [6.07, 6.45) is -5.68. The first-order chi connectivity index (χ1) is 7.28. The van der Waals surface area contributed by atoms with Crippen molar-refractivity contribution in [3.63, 3.8) is 0 Å². The SMILES string of the molecule is Cc1nc(NC(=O)OCC(F)(F)F)sc1C. The van der Waals surface area contributed by atoms with Crippen LogP contribution in [0.4, 0.5) is 23.1 Å². The number of nitrogens with one attached hydrogen (secondary N) is 1. The average Bonchev–Trinajstić information content (AvgIpc) is 2.41. The number of aryl methyl sites for hydroxylation is 2. The smallest absolute Gasteiger partial charge is 0.422 e. The topological polar surface area (TPSA) is 51.2 Å². The Hall–Kier alpha value is -1.31. The van der Waals surface area contributed by atoms with E-state index in [0.717, 1.165) is 10.6 Å². The zero-order valence-electron chi connectivity index (χ0n) is 8.51. The van der Waals surface area contributed by atoms with Crippen LogP contribution in [0.25, 0.3) is 0 Å². The van der Waals surface area contributed by atoms with Crippen molar-refractivity contribution in [3.8, 4) is 0 Å². The molecule has 0 aromatic carbocycles. The van der Waals surface area contributed by atoms with Gasteiger partial charge in [0.25, 0.3) is 0 Å². The fourth-order valence-corrected chi connectivity index (χ4v) is 1.60. The van der Waals surface area contributed by atoms with Crippen LogP contribution in [-0.2, 0) is 4.74 Å². The van der Waals surface area contributed by atoms with Crippen molar-refractivity contribution in [1.82, 2.24) is 4.98 Å². The summed E-state index contributed by atoms with van der Waals surface area (Å²) in [4.78, 5) is 15.7. The molecule has 0 aliphatic carbocycles. The molecular formula is C8H9F3N2O2S. The van der Waals surface area contributed by atoms with Crippen LogP contribution in [0.2, 0.25) is 0 Å². The molecule has 1 amide bonds. The molecule has 0 spiro atoms. The highest BCUT2D eigenvalue weighted by molar-refractivity contribution is 7.15. The molecule has 1 aromatic heterocycles. The first kappa shape index (κ1) is 12.8. The van der Waals surface area contributed by atoms with Crippen LogP contribution < -0.4 is 5.32 Å². The predicted octanol–water partition coefficient (Wildman–Crippen LogP) is 2.87. The molecule has 16 heavy (non-hydrogen) atoms. The number of anilines is 1. The molecule has 0 fully saturated rings. The number of nitrogens with zero attached hydrogens (tertiary/aromatic N) is 1. The van der Waals surface area contributed by atoms with E-state index in [9.17, 15) is 18.0 Å². The summed E-state index contributed by atoms with van der Waals surface area (Å²) < 4.78 is 39.1. The molecule has 0 aliphatic heterocycles. The minimum absolute atomic E-state index is 0.224. The highest BCUT2D eigenvalue weighted by Crippen LogP contribution is 2.21. The molecule has 0 aliphatic rings. The van der Waals surface area contributed by atoms with Crippen LogP contribution in [0, 0.1) is 13.8 Å². The fraction of sp³-hybridized carbons (Fsp3) is 0.500. The molecule has 0 saturated heterocycles. The first-order valence-corrected chi connectivity index (χ1v) is 5.04. The number of carbonyl (C=O) groups is 1. The number of halogens is 3. The lowest BCUT2D eigenvalue weighted by molar-refractivity contribution is -0.159. The largest absolute Gasteiger partial charge is 0.440 e. The maximum Gasteiger partial charge on any atom is 0.422 e. The number of rotatable bonds is 2. The molecule has 1 heterocycles. The molecule has 0 bridgehead atoms. The van der Waals surface area contributed by atoms with E-state index in [2.05, 4.69) is 15.0 Å². The summed E-state index contributed by atoms with van der Waals surface area (Å²) in [5.41, 5.74) is 0.719. The standard InChI is InChI=1S/C8H9F3N2O2S/c1-4-5(2)16-6(12-4)13-7(14)15-3-8(9,10)11/h3H2,1-2H3,(H,12,13,14). The van der Waals surface area contributed by atoms with Crippen molar-refractivity contribution in [2.24, 2.45) is 0 Å². The van der Waals surface area contributed by atoms with Crippen LogP contribution in [0.15, 0.2) is 0 Å². The third-order valence-corrected chi connectivity index (χ3v) is 2.59. The van der Waals surface area contributed by atoms with Crippen molar-refractivity contribution in [3.05, 3.63) is 10.6 Å². The van der Waals surface area contributed by atoms with E-state index in [1.165, 1.54) is 11.3 Å². The number of hydrogen-bond acceptors (Lipinski definition) is 4. The van der Waals surface area contributed by atoms with E-state index in [0.29, 0.717) is 0 Å². The predicted molar refractivity (Wildman–Crippen MR) is 52.6 cm³/mol. The Balaban J connectivity index is 2.46. The monoisotopic (exact) mass is 254 g/mol. The zero-order chi connectivity index (χ0) is 12.3. The Bertz CT molecular complexity index is 370. The van der Waals surface area contributed by atoms with Gasteiger partial charge in [0.05, 0.1) is 5.69 Å².